The second-order valence-corrected chi connectivity index (χ2v) is 5.11. The molecule has 1 aromatic rings. The summed E-state index contributed by atoms with van der Waals surface area (Å²) in [6, 6.07) is 4.84. The fourth-order valence-corrected chi connectivity index (χ4v) is 2.40. The van der Waals surface area contributed by atoms with Gasteiger partial charge in [0.15, 0.2) is 0 Å². The van der Waals surface area contributed by atoms with Crippen LogP contribution in [-0.2, 0) is 0 Å². The van der Waals surface area contributed by atoms with Gasteiger partial charge >= 0.3 is 0 Å². The Labute approximate surface area is 104 Å². The van der Waals surface area contributed by atoms with Crippen LogP contribution >= 0.6 is 0 Å². The third kappa shape index (κ3) is 3.01. The Kier molecular flexibility index (Phi) is 4.06. The van der Waals surface area contributed by atoms with Crippen LogP contribution in [0.1, 0.15) is 36.0 Å². The predicted octanol–water partition coefficient (Wildman–Crippen LogP) is 3.13. The van der Waals surface area contributed by atoms with Crippen LogP contribution in [0.3, 0.4) is 0 Å². The molecule has 94 valence electrons. The van der Waals surface area contributed by atoms with Crippen molar-refractivity contribution >= 4 is 0 Å². The molecule has 1 atom stereocenters. The van der Waals surface area contributed by atoms with Gasteiger partial charge in [-0.05, 0) is 56.8 Å². The summed E-state index contributed by atoms with van der Waals surface area (Å²) in [4.78, 5) is 0. The van der Waals surface area contributed by atoms with Crippen LogP contribution in [0, 0.1) is 20.8 Å². The molecule has 2 rings (SSSR count). The van der Waals surface area contributed by atoms with Gasteiger partial charge in [0.25, 0.3) is 0 Å². The van der Waals surface area contributed by atoms with E-state index in [4.69, 9.17) is 4.74 Å². The Morgan fingerprint density at radius 1 is 1.18 bits per heavy atom. The lowest BCUT2D eigenvalue weighted by atomic mass is 10.0. The van der Waals surface area contributed by atoms with E-state index >= 15 is 0 Å². The highest BCUT2D eigenvalue weighted by molar-refractivity contribution is 5.44. The lowest BCUT2D eigenvalue weighted by Gasteiger charge is -2.24. The maximum atomic E-state index is 6.03. The summed E-state index contributed by atoms with van der Waals surface area (Å²) in [5, 5.41) is 3.52. The minimum Gasteiger partial charge on any atom is -0.491 e. The molecule has 0 spiro atoms. The van der Waals surface area contributed by atoms with Gasteiger partial charge < -0.3 is 10.1 Å². The number of ether oxygens (including phenoxy) is 1. The molecule has 0 saturated carbocycles. The number of rotatable bonds is 3. The number of piperidine rings is 1. The third-order valence-corrected chi connectivity index (χ3v) is 3.71. The molecule has 1 aromatic carbocycles. The monoisotopic (exact) mass is 233 g/mol. The van der Waals surface area contributed by atoms with Gasteiger partial charge in [-0.25, -0.2) is 0 Å². The van der Waals surface area contributed by atoms with Gasteiger partial charge in [0.05, 0.1) is 0 Å². The van der Waals surface area contributed by atoms with E-state index in [0.29, 0.717) is 6.04 Å². The predicted molar refractivity (Wildman–Crippen MR) is 71.8 cm³/mol. The largest absolute Gasteiger partial charge is 0.491 e. The molecule has 2 nitrogen and oxygen atoms in total. The van der Waals surface area contributed by atoms with Crippen molar-refractivity contribution in [3.8, 4) is 5.75 Å². The molecular weight excluding hydrogens is 210 g/mol. The fourth-order valence-electron chi connectivity index (χ4n) is 2.40. The highest BCUT2D eigenvalue weighted by Crippen LogP contribution is 2.26. The lowest BCUT2D eigenvalue weighted by molar-refractivity contribution is 0.236. The normalized spacial score (nSPS) is 20.3. The number of benzene rings is 1. The molecule has 17 heavy (non-hydrogen) atoms. The maximum Gasteiger partial charge on any atom is 0.125 e. The van der Waals surface area contributed by atoms with Crippen LogP contribution in [0.15, 0.2) is 12.1 Å². The van der Waals surface area contributed by atoms with Crippen LogP contribution in [0.2, 0.25) is 0 Å². The summed E-state index contributed by atoms with van der Waals surface area (Å²) in [6.07, 6.45) is 3.87. The van der Waals surface area contributed by atoms with Crippen molar-refractivity contribution in [1.82, 2.24) is 5.32 Å². The van der Waals surface area contributed by atoms with Crippen molar-refractivity contribution in [3.05, 3.63) is 28.8 Å². The van der Waals surface area contributed by atoms with Gasteiger partial charge in [0, 0.05) is 6.04 Å². The number of hydrogen-bond acceptors (Lipinski definition) is 2. The van der Waals surface area contributed by atoms with Crippen LogP contribution in [0.4, 0.5) is 0 Å². The Bertz CT molecular complexity index is 381. The zero-order valence-electron chi connectivity index (χ0n) is 11.2. The van der Waals surface area contributed by atoms with E-state index in [1.54, 1.807) is 0 Å². The molecule has 1 fully saturated rings. The molecule has 1 saturated heterocycles. The summed E-state index contributed by atoms with van der Waals surface area (Å²) in [5.41, 5.74) is 3.83. The standard InChI is InChI=1S/C15H23NO/c1-11-7-8-12(2)15(13(11)3)17-10-14-6-4-5-9-16-14/h7-8,14,16H,4-6,9-10H2,1-3H3. The molecule has 1 aliphatic rings. The van der Waals surface area contributed by atoms with Gasteiger partial charge in [0.2, 0.25) is 0 Å². The first-order valence-corrected chi connectivity index (χ1v) is 6.61. The van der Waals surface area contributed by atoms with Crippen molar-refractivity contribution in [2.24, 2.45) is 0 Å². The molecule has 0 aromatic heterocycles. The minimum atomic E-state index is 0.531. The van der Waals surface area contributed by atoms with Gasteiger partial charge in [-0.15, -0.1) is 0 Å². The van der Waals surface area contributed by atoms with E-state index < -0.39 is 0 Å². The second-order valence-electron chi connectivity index (χ2n) is 5.11. The molecular formula is C15H23NO. The molecule has 1 N–H and O–H groups in total. The fraction of sp³-hybridized carbons (Fsp3) is 0.600. The molecule has 1 aliphatic heterocycles. The van der Waals surface area contributed by atoms with E-state index in [-0.39, 0.29) is 0 Å². The quantitative estimate of drug-likeness (QED) is 0.866. The van der Waals surface area contributed by atoms with Crippen molar-refractivity contribution in [1.29, 1.82) is 0 Å². The Morgan fingerprint density at radius 2 is 1.94 bits per heavy atom. The first kappa shape index (κ1) is 12.4. The summed E-state index contributed by atoms with van der Waals surface area (Å²) in [7, 11) is 0. The zero-order chi connectivity index (χ0) is 12.3. The smallest absolute Gasteiger partial charge is 0.125 e. The first-order chi connectivity index (χ1) is 8.18. The van der Waals surface area contributed by atoms with Crippen molar-refractivity contribution in [2.75, 3.05) is 13.2 Å². The molecule has 0 radical (unpaired) electrons. The zero-order valence-corrected chi connectivity index (χ0v) is 11.2. The average Bonchev–Trinajstić information content (AvgIpc) is 2.35. The molecule has 0 aliphatic carbocycles. The summed E-state index contributed by atoms with van der Waals surface area (Å²) in [6.45, 7) is 8.34. The molecule has 1 heterocycles. The van der Waals surface area contributed by atoms with E-state index in [9.17, 15) is 0 Å². The van der Waals surface area contributed by atoms with Crippen LogP contribution in [0.25, 0.3) is 0 Å². The highest BCUT2D eigenvalue weighted by atomic mass is 16.5. The van der Waals surface area contributed by atoms with Gasteiger partial charge in [-0.3, -0.25) is 0 Å². The Morgan fingerprint density at radius 3 is 2.65 bits per heavy atom. The molecule has 2 heteroatoms. The molecule has 0 bridgehead atoms. The van der Waals surface area contributed by atoms with Crippen LogP contribution in [-0.4, -0.2) is 19.2 Å². The van der Waals surface area contributed by atoms with Crippen LogP contribution < -0.4 is 10.1 Å². The summed E-state index contributed by atoms with van der Waals surface area (Å²) >= 11 is 0. The number of hydrogen-bond donors (Lipinski definition) is 1. The van der Waals surface area contributed by atoms with Gasteiger partial charge in [0.1, 0.15) is 12.4 Å². The second kappa shape index (κ2) is 5.54. The van der Waals surface area contributed by atoms with Crippen LogP contribution in [0.5, 0.6) is 5.75 Å². The SMILES string of the molecule is Cc1ccc(C)c(OCC2CCCCN2)c1C. The highest BCUT2D eigenvalue weighted by Gasteiger charge is 2.14. The van der Waals surface area contributed by atoms with Gasteiger partial charge in [-0.2, -0.15) is 0 Å². The lowest BCUT2D eigenvalue weighted by Crippen LogP contribution is -2.38. The van der Waals surface area contributed by atoms with Crippen molar-refractivity contribution in [3.63, 3.8) is 0 Å². The maximum absolute atomic E-state index is 6.03. The first-order valence-electron chi connectivity index (χ1n) is 6.61. The number of nitrogens with one attached hydrogen (secondary N) is 1. The minimum absolute atomic E-state index is 0.531. The number of aryl methyl sites for hydroxylation is 2. The van der Waals surface area contributed by atoms with E-state index in [0.717, 1.165) is 18.9 Å². The summed E-state index contributed by atoms with van der Waals surface area (Å²) in [5.74, 6) is 1.08. The Hall–Kier alpha value is -1.02. The summed E-state index contributed by atoms with van der Waals surface area (Å²) < 4.78 is 6.03. The van der Waals surface area contributed by atoms with E-state index in [2.05, 4.69) is 38.2 Å². The van der Waals surface area contributed by atoms with E-state index in [1.807, 2.05) is 0 Å². The van der Waals surface area contributed by atoms with Crippen molar-refractivity contribution < 1.29 is 4.74 Å². The third-order valence-electron chi connectivity index (χ3n) is 3.71. The Balaban J connectivity index is 2.00. The van der Waals surface area contributed by atoms with Gasteiger partial charge in [-0.1, -0.05) is 18.6 Å². The molecule has 1 unspecified atom stereocenters. The topological polar surface area (TPSA) is 21.3 Å². The average molecular weight is 233 g/mol. The molecule has 0 amide bonds. The van der Waals surface area contributed by atoms with Crippen molar-refractivity contribution in [2.45, 2.75) is 46.1 Å². The van der Waals surface area contributed by atoms with E-state index in [1.165, 1.54) is 36.0 Å².